The highest BCUT2D eigenvalue weighted by molar-refractivity contribution is 6.25. The number of nitrogens with one attached hydrogen (secondary N) is 1. The van der Waals surface area contributed by atoms with E-state index in [1.54, 1.807) is 4.90 Å². The van der Waals surface area contributed by atoms with Gasteiger partial charge in [0.2, 0.25) is 5.91 Å². The molecule has 1 aliphatic heterocycles. The van der Waals surface area contributed by atoms with Crippen molar-refractivity contribution < 1.29 is 14.3 Å². The van der Waals surface area contributed by atoms with E-state index < -0.39 is 0 Å². The van der Waals surface area contributed by atoms with Gasteiger partial charge in [0.15, 0.2) is 0 Å². The molecule has 3 aromatic rings. The SMILES string of the molecule is CC(C)Oc1cccc(NC(=O)CCCN2C(=O)c3cccc4cccc2c34)c1. The van der Waals surface area contributed by atoms with Gasteiger partial charge in [-0.25, -0.2) is 0 Å². The topological polar surface area (TPSA) is 58.6 Å². The van der Waals surface area contributed by atoms with Gasteiger partial charge in [-0.2, -0.15) is 0 Å². The van der Waals surface area contributed by atoms with Gasteiger partial charge < -0.3 is 15.0 Å². The number of ether oxygens (including phenoxy) is 1. The molecule has 0 fully saturated rings. The summed E-state index contributed by atoms with van der Waals surface area (Å²) in [5.41, 5.74) is 2.38. The number of nitrogens with zero attached hydrogens (tertiary/aromatic N) is 1. The average molecular weight is 388 g/mol. The summed E-state index contributed by atoms with van der Waals surface area (Å²) in [4.78, 5) is 26.9. The highest BCUT2D eigenvalue weighted by atomic mass is 16.5. The zero-order valence-electron chi connectivity index (χ0n) is 16.6. The Bertz CT molecular complexity index is 1070. The maximum Gasteiger partial charge on any atom is 0.258 e. The minimum Gasteiger partial charge on any atom is -0.491 e. The quantitative estimate of drug-likeness (QED) is 0.619. The highest BCUT2D eigenvalue weighted by Gasteiger charge is 2.28. The fraction of sp³-hybridized carbons (Fsp3) is 0.250. The van der Waals surface area contributed by atoms with Crippen molar-refractivity contribution in [3.05, 3.63) is 66.2 Å². The number of rotatable bonds is 7. The van der Waals surface area contributed by atoms with Crippen LogP contribution in [0.15, 0.2) is 60.7 Å². The molecule has 5 nitrogen and oxygen atoms in total. The molecule has 0 aromatic heterocycles. The minimum atomic E-state index is -0.0749. The first-order valence-corrected chi connectivity index (χ1v) is 9.93. The van der Waals surface area contributed by atoms with Gasteiger partial charge in [-0.05, 0) is 49.9 Å². The maximum atomic E-state index is 12.8. The van der Waals surface area contributed by atoms with Crippen LogP contribution in [0.3, 0.4) is 0 Å². The third kappa shape index (κ3) is 3.94. The molecule has 148 valence electrons. The van der Waals surface area contributed by atoms with Crippen LogP contribution in [0.5, 0.6) is 5.75 Å². The molecule has 1 heterocycles. The van der Waals surface area contributed by atoms with Crippen molar-refractivity contribution in [2.45, 2.75) is 32.8 Å². The monoisotopic (exact) mass is 388 g/mol. The lowest BCUT2D eigenvalue weighted by atomic mass is 10.1. The molecule has 3 aromatic carbocycles. The van der Waals surface area contributed by atoms with E-state index in [1.165, 1.54) is 0 Å². The van der Waals surface area contributed by atoms with Gasteiger partial charge in [-0.15, -0.1) is 0 Å². The Hall–Kier alpha value is -3.34. The molecular weight excluding hydrogens is 364 g/mol. The first-order chi connectivity index (χ1) is 14.0. The van der Waals surface area contributed by atoms with Crippen LogP contribution in [0.2, 0.25) is 0 Å². The lowest BCUT2D eigenvalue weighted by molar-refractivity contribution is -0.116. The third-order valence-electron chi connectivity index (χ3n) is 4.92. The predicted octanol–water partition coefficient (Wildman–Crippen LogP) is 5.01. The van der Waals surface area contributed by atoms with Gasteiger partial charge >= 0.3 is 0 Å². The molecule has 0 saturated heterocycles. The van der Waals surface area contributed by atoms with E-state index in [-0.39, 0.29) is 17.9 Å². The molecular formula is C24H24N2O3. The Morgan fingerprint density at radius 1 is 1.07 bits per heavy atom. The zero-order chi connectivity index (χ0) is 20.4. The molecule has 4 rings (SSSR count). The van der Waals surface area contributed by atoms with E-state index in [4.69, 9.17) is 4.74 Å². The van der Waals surface area contributed by atoms with Crippen molar-refractivity contribution in [3.63, 3.8) is 0 Å². The van der Waals surface area contributed by atoms with E-state index >= 15 is 0 Å². The van der Waals surface area contributed by atoms with Gasteiger partial charge in [0.1, 0.15) is 5.75 Å². The van der Waals surface area contributed by atoms with Gasteiger partial charge in [0.25, 0.3) is 5.91 Å². The summed E-state index contributed by atoms with van der Waals surface area (Å²) in [5.74, 6) is 0.663. The number of carbonyl (C=O) groups excluding carboxylic acids is 2. The maximum absolute atomic E-state index is 12.8. The number of hydrogen-bond donors (Lipinski definition) is 1. The fourth-order valence-corrected chi connectivity index (χ4v) is 3.74. The largest absolute Gasteiger partial charge is 0.491 e. The lowest BCUT2D eigenvalue weighted by Gasteiger charge is -2.17. The van der Waals surface area contributed by atoms with Crippen molar-refractivity contribution >= 4 is 34.0 Å². The molecule has 0 radical (unpaired) electrons. The number of anilines is 2. The van der Waals surface area contributed by atoms with E-state index in [0.29, 0.717) is 25.1 Å². The minimum absolute atomic E-state index is 0.00995. The van der Waals surface area contributed by atoms with Crippen LogP contribution in [-0.4, -0.2) is 24.5 Å². The second-order valence-corrected chi connectivity index (χ2v) is 7.48. The molecule has 0 unspecified atom stereocenters. The molecule has 0 saturated carbocycles. The van der Waals surface area contributed by atoms with Crippen LogP contribution < -0.4 is 15.0 Å². The summed E-state index contributed by atoms with van der Waals surface area (Å²) >= 11 is 0. The second kappa shape index (κ2) is 7.95. The Morgan fingerprint density at radius 2 is 1.83 bits per heavy atom. The van der Waals surface area contributed by atoms with E-state index in [2.05, 4.69) is 5.32 Å². The molecule has 29 heavy (non-hydrogen) atoms. The highest BCUT2D eigenvalue weighted by Crippen LogP contribution is 2.37. The van der Waals surface area contributed by atoms with Crippen molar-refractivity contribution in [2.24, 2.45) is 0 Å². The summed E-state index contributed by atoms with van der Waals surface area (Å²) in [6.45, 7) is 4.43. The van der Waals surface area contributed by atoms with Crippen LogP contribution in [0.4, 0.5) is 11.4 Å². The summed E-state index contributed by atoms with van der Waals surface area (Å²) in [6, 6.07) is 19.1. The zero-order valence-corrected chi connectivity index (χ0v) is 16.6. The van der Waals surface area contributed by atoms with Gasteiger partial charge in [0, 0.05) is 35.7 Å². The number of carbonyl (C=O) groups is 2. The summed E-state index contributed by atoms with van der Waals surface area (Å²) < 4.78 is 5.66. The Kier molecular flexibility index (Phi) is 5.21. The van der Waals surface area contributed by atoms with Crippen molar-refractivity contribution in [1.82, 2.24) is 0 Å². The average Bonchev–Trinajstić information content (AvgIpc) is 2.96. The van der Waals surface area contributed by atoms with Crippen LogP contribution in [0.25, 0.3) is 10.8 Å². The van der Waals surface area contributed by atoms with Crippen LogP contribution in [0.1, 0.15) is 37.0 Å². The van der Waals surface area contributed by atoms with Crippen LogP contribution >= 0.6 is 0 Å². The summed E-state index contributed by atoms with van der Waals surface area (Å²) in [7, 11) is 0. The van der Waals surface area contributed by atoms with E-state index in [0.717, 1.165) is 27.8 Å². The Morgan fingerprint density at radius 3 is 2.62 bits per heavy atom. The number of amides is 2. The number of benzene rings is 3. The molecule has 0 bridgehead atoms. The Balaban J connectivity index is 1.36. The smallest absolute Gasteiger partial charge is 0.258 e. The normalized spacial score (nSPS) is 12.7. The standard InChI is InChI=1S/C24H24N2O3/c1-16(2)29-19-10-5-9-18(15-19)25-22(27)13-6-14-26-21-12-4-8-17-7-3-11-20(23(17)21)24(26)28/h3-5,7-12,15-16H,6,13-14H2,1-2H3,(H,25,27). The van der Waals surface area contributed by atoms with E-state index in [1.807, 2.05) is 74.5 Å². The fourth-order valence-electron chi connectivity index (χ4n) is 3.74. The molecule has 2 amide bonds. The first kappa shape index (κ1) is 19.0. The molecule has 0 atom stereocenters. The van der Waals surface area contributed by atoms with Crippen LogP contribution in [0, 0.1) is 0 Å². The molecule has 0 spiro atoms. The second-order valence-electron chi connectivity index (χ2n) is 7.48. The predicted molar refractivity (Wildman–Crippen MR) is 116 cm³/mol. The Labute approximate surface area is 170 Å². The van der Waals surface area contributed by atoms with Gasteiger partial charge in [-0.1, -0.05) is 30.3 Å². The van der Waals surface area contributed by atoms with Gasteiger partial charge in [-0.3, -0.25) is 9.59 Å². The summed E-state index contributed by atoms with van der Waals surface area (Å²) in [5, 5.41) is 4.98. The molecule has 5 heteroatoms. The molecule has 0 aliphatic carbocycles. The number of hydrogen-bond acceptors (Lipinski definition) is 3. The third-order valence-corrected chi connectivity index (χ3v) is 4.92. The van der Waals surface area contributed by atoms with Crippen molar-refractivity contribution in [1.29, 1.82) is 0 Å². The lowest BCUT2D eigenvalue weighted by Crippen LogP contribution is -2.28. The van der Waals surface area contributed by atoms with Crippen molar-refractivity contribution in [2.75, 3.05) is 16.8 Å². The van der Waals surface area contributed by atoms with E-state index in [9.17, 15) is 9.59 Å². The van der Waals surface area contributed by atoms with Gasteiger partial charge in [0.05, 0.1) is 11.8 Å². The van der Waals surface area contributed by atoms with Crippen LogP contribution in [-0.2, 0) is 4.79 Å². The molecule has 1 N–H and O–H groups in total. The molecule has 1 aliphatic rings. The van der Waals surface area contributed by atoms with Crippen molar-refractivity contribution in [3.8, 4) is 5.75 Å². The summed E-state index contributed by atoms with van der Waals surface area (Å²) in [6.07, 6.45) is 1.00. The first-order valence-electron chi connectivity index (χ1n) is 9.93.